The van der Waals surface area contributed by atoms with Crippen molar-refractivity contribution in [1.82, 2.24) is 42.4 Å². The van der Waals surface area contributed by atoms with Crippen LogP contribution in [0, 0.1) is 0 Å². The van der Waals surface area contributed by atoms with Crippen molar-refractivity contribution in [3.63, 3.8) is 0 Å². The predicted molar refractivity (Wildman–Crippen MR) is 426 cm³/mol. The number of aliphatic carboxylic acids is 4. The standard InChI is InChI=1S/C33H53IN4O24.C31H52N4O22.C6H6INO4/c1-12(42)36-22-15(45)4-31(29(51)52,57-18(22)8-35-62-21(48)7-34)58-19(9-39)25(49)27-23(37-13(2)43)16(46)5-32(60-27,30(53)54)59-20(10-40)26(50)28-24(38-14(3)44)17(47)6-33(55,61-28)56-11-41;1-11(39)33-20-14(42)4-29(27(47)48,53-17(20)7-32)54-18(8-36)23(45)25-21(34-12(2)40)15(43)5-30(56-25,28(49)50)55-19(9-37)24(46)26-22(35-13(3)41)16(44)6-31(51,57-26)52-10-38;7-3-6(11)12-8-4(9)1-2-5(8)10/h15-20,22-28,35,39-41,45-47,49-50,55H,4-11H2,1-3H3,(H,36,42)(H,37,43)(H,38,44)(H,51,52)(H,53,54);14-26,36-38,42-46,51H,4-10,32H2,1-3H3,(H,33,39)(H,34,40)(H,35,41)(H,47,48)(H,49,50);1-3H2. The van der Waals surface area contributed by atoms with Crippen LogP contribution in [0.25, 0.3) is 0 Å². The number of nitrogens with zero attached hydrogens (tertiary/aromatic N) is 1. The van der Waals surface area contributed by atoms with Crippen molar-refractivity contribution < 1.29 is 246 Å². The molecule has 31 N–H and O–H groups in total. The molecule has 7 rings (SSSR count). The van der Waals surface area contributed by atoms with E-state index in [1.807, 2.05) is 0 Å². The summed E-state index contributed by atoms with van der Waals surface area (Å²) in [5.74, 6) is -33.1. The highest BCUT2D eigenvalue weighted by atomic mass is 127. The highest BCUT2D eigenvalue weighted by Gasteiger charge is 2.65. The van der Waals surface area contributed by atoms with Gasteiger partial charge in [0.2, 0.25) is 35.4 Å². The van der Waals surface area contributed by atoms with Gasteiger partial charge in [-0.2, -0.15) is 5.48 Å². The van der Waals surface area contributed by atoms with Crippen LogP contribution < -0.4 is 43.1 Å². The number of carboxylic acids is 4. The molecule has 0 radical (unpaired) electrons. The van der Waals surface area contributed by atoms with Gasteiger partial charge in [-0.15, -0.1) is 5.06 Å². The third-order valence-electron chi connectivity index (χ3n) is 20.7. The van der Waals surface area contributed by atoms with E-state index in [-0.39, 0.29) is 21.7 Å². The fourth-order valence-corrected chi connectivity index (χ4v) is 15.3. The lowest BCUT2D eigenvalue weighted by Gasteiger charge is -2.50. The Hall–Kier alpha value is -7.04. The van der Waals surface area contributed by atoms with E-state index in [1.165, 1.54) is 0 Å². The first kappa shape index (κ1) is 114. The number of aliphatic hydroxyl groups excluding tert-OH is 16. The largest absolute Gasteiger partial charge is 0.477 e. The Morgan fingerprint density at radius 2 is 0.656 bits per heavy atom. The fraction of sp³-hybridized carbons (Fsp3) is 0.800. The molecule has 750 valence electrons. The van der Waals surface area contributed by atoms with Crippen LogP contribution in [-0.2, 0) is 134 Å². The Morgan fingerprint density at radius 3 is 0.916 bits per heavy atom. The molecular formula is C70H111I2N9O50. The van der Waals surface area contributed by atoms with Gasteiger partial charge < -0.3 is 216 Å². The summed E-state index contributed by atoms with van der Waals surface area (Å²) in [6, 6.07) is -9.45. The molecule has 32 unspecified atom stereocenters. The molecule has 8 amide bonds. The van der Waals surface area contributed by atoms with Crippen molar-refractivity contribution in [3.05, 3.63) is 0 Å². The van der Waals surface area contributed by atoms with E-state index in [0.29, 0.717) is 5.06 Å². The van der Waals surface area contributed by atoms with Crippen LogP contribution in [0.3, 0.4) is 0 Å². The van der Waals surface area contributed by atoms with Crippen LogP contribution in [0.2, 0.25) is 0 Å². The highest BCUT2D eigenvalue weighted by molar-refractivity contribution is 14.1. The Morgan fingerprint density at radius 1 is 0.405 bits per heavy atom. The van der Waals surface area contributed by atoms with Crippen molar-refractivity contribution in [1.29, 1.82) is 0 Å². The van der Waals surface area contributed by atoms with Gasteiger partial charge >= 0.3 is 35.8 Å². The fourth-order valence-electron chi connectivity index (χ4n) is 15.0. The lowest BCUT2D eigenvalue weighted by Crippen LogP contribution is -2.71. The second-order valence-electron chi connectivity index (χ2n) is 30.5. The van der Waals surface area contributed by atoms with Gasteiger partial charge in [0, 0.05) is 86.6 Å². The summed E-state index contributed by atoms with van der Waals surface area (Å²) < 4.78 is 65.2. The molecular weight excluding hydrogens is 2020 g/mol. The number of carboxylic acid groups (broad SMARTS) is 4. The average molecular weight is 2130 g/mol. The smallest absolute Gasteiger partial charge is 0.364 e. The summed E-state index contributed by atoms with van der Waals surface area (Å²) in [5, 5.41) is 250. The first-order valence-electron chi connectivity index (χ1n) is 39.4. The number of hydrogen-bond donors (Lipinski definition) is 30. The molecule has 59 nitrogen and oxygen atoms in total. The Kier molecular flexibility index (Phi) is 43.8. The average Bonchev–Trinajstić information content (AvgIpc) is 0.815. The van der Waals surface area contributed by atoms with Crippen LogP contribution in [0.4, 0.5) is 0 Å². The molecule has 0 aliphatic carbocycles. The molecule has 131 heavy (non-hydrogen) atoms. The molecule has 0 bridgehead atoms. The van der Waals surface area contributed by atoms with Gasteiger partial charge in [0.05, 0.1) is 135 Å². The Labute approximate surface area is 767 Å². The van der Waals surface area contributed by atoms with Crippen molar-refractivity contribution in [2.75, 3.05) is 62.0 Å². The summed E-state index contributed by atoms with van der Waals surface area (Å²) in [5.41, 5.74) is 7.94. The minimum atomic E-state index is -3.26. The van der Waals surface area contributed by atoms with Crippen LogP contribution in [0.15, 0.2) is 0 Å². The van der Waals surface area contributed by atoms with Crippen LogP contribution in [0.1, 0.15) is 92.9 Å². The van der Waals surface area contributed by atoms with E-state index in [0.717, 1.165) is 41.5 Å². The number of amides is 8. The van der Waals surface area contributed by atoms with Crippen molar-refractivity contribution >= 4 is 128 Å². The number of aliphatic hydroxyl groups is 18. The molecule has 0 spiro atoms. The zero-order valence-corrected chi connectivity index (χ0v) is 74.6. The third-order valence-corrected chi connectivity index (χ3v) is 22.0. The molecule has 7 saturated heterocycles. The number of carbonyl (C=O) groups is 14. The SMILES string of the molecule is CC(=O)NC1C(O)CC(OC(CO)C(O)C2OC(OC(CO)C(O)C3OC(O)(OCO)CC(O)C3NC(C)=O)(C(=O)O)CC(O)C2NC(C)=O)(C(=O)O)OC1CN.CC(=O)NC1C(O)CC(OC(CO)C(O)C2OC(OC(CO)C(O)C3OC(O)(OCO)CC(O)C3NC(C)=O)(C(=O)O)CC(O)C2NC(C)=O)(C(=O)O)OC1CNOC(=O)CI.O=C(CI)ON1C(=O)CCC1=O. The minimum absolute atomic E-state index is 0.120. The van der Waals surface area contributed by atoms with Gasteiger partial charge in [-0.3, -0.25) is 38.4 Å². The van der Waals surface area contributed by atoms with Crippen molar-refractivity contribution in [3.8, 4) is 0 Å². The van der Waals surface area contributed by atoms with Crippen molar-refractivity contribution in [2.45, 2.75) is 286 Å². The third kappa shape index (κ3) is 29.7. The molecule has 7 aliphatic rings. The summed E-state index contributed by atoms with van der Waals surface area (Å²) in [7, 11) is 0. The number of imide groups is 1. The van der Waals surface area contributed by atoms with E-state index >= 15 is 0 Å². The molecule has 61 heteroatoms. The number of carbonyl (C=O) groups excluding carboxylic acids is 10. The predicted octanol–water partition coefficient (Wildman–Crippen LogP) is -16.3. The summed E-state index contributed by atoms with van der Waals surface area (Å²) in [4.78, 5) is 177. The first-order chi connectivity index (χ1) is 61.1. The lowest BCUT2D eigenvalue weighted by atomic mass is 9.87. The maximum atomic E-state index is 13.1. The first-order valence-corrected chi connectivity index (χ1v) is 42.5. The number of hydrogen-bond acceptors (Lipinski definition) is 48. The number of nitrogens with two attached hydrogens (primary N) is 1. The Balaban J connectivity index is 0.000000411. The summed E-state index contributed by atoms with van der Waals surface area (Å²) in [6.07, 6.45) is -46.9. The van der Waals surface area contributed by atoms with Crippen molar-refractivity contribution in [2.24, 2.45) is 5.73 Å². The zero-order chi connectivity index (χ0) is 99.2. The lowest BCUT2D eigenvalue weighted by molar-refractivity contribution is -0.426. The number of ether oxygens (including phenoxy) is 12. The molecule has 7 fully saturated rings. The molecule has 0 aromatic carbocycles. The monoisotopic (exact) mass is 2130 g/mol. The summed E-state index contributed by atoms with van der Waals surface area (Å²) in [6.45, 7) is -2.64. The molecule has 7 heterocycles. The topological polar surface area (TPSA) is 927 Å². The van der Waals surface area contributed by atoms with Crippen LogP contribution >= 0.6 is 45.2 Å². The second kappa shape index (κ2) is 50.2. The number of halogens is 2. The molecule has 0 aromatic rings. The molecule has 7 aliphatic heterocycles. The van der Waals surface area contributed by atoms with Gasteiger partial charge in [-0.25, -0.2) is 28.8 Å². The second-order valence-corrected chi connectivity index (χ2v) is 32.0. The molecule has 32 atom stereocenters. The molecule has 0 saturated carbocycles. The van der Waals surface area contributed by atoms with Gasteiger partial charge in [0.25, 0.3) is 46.9 Å². The van der Waals surface area contributed by atoms with Gasteiger partial charge in [0.15, 0.2) is 0 Å². The van der Waals surface area contributed by atoms with E-state index in [4.69, 9.17) is 67.4 Å². The van der Waals surface area contributed by atoms with Gasteiger partial charge in [-0.05, 0) is 0 Å². The summed E-state index contributed by atoms with van der Waals surface area (Å²) >= 11 is 3.47. The normalized spacial score (nSPS) is 34.9. The van der Waals surface area contributed by atoms with E-state index in [9.17, 15) is 179 Å². The minimum Gasteiger partial charge on any atom is -0.477 e. The van der Waals surface area contributed by atoms with E-state index in [1.54, 1.807) is 45.2 Å². The van der Waals surface area contributed by atoms with Crippen LogP contribution in [0.5, 0.6) is 0 Å². The maximum absolute atomic E-state index is 13.1. The number of rotatable bonds is 41. The zero-order valence-electron chi connectivity index (χ0n) is 70.3. The van der Waals surface area contributed by atoms with Crippen LogP contribution in [-0.4, -0.2) is 456 Å². The maximum Gasteiger partial charge on any atom is 0.364 e. The number of hydroxylamine groups is 3. The number of alkyl halides is 2. The number of nitrogens with one attached hydrogen (secondary N) is 7. The van der Waals surface area contributed by atoms with E-state index < -0.39 is 368 Å². The molecule has 0 aromatic heterocycles. The van der Waals surface area contributed by atoms with Gasteiger partial charge in [-0.1, -0.05) is 45.2 Å². The quantitative estimate of drug-likeness (QED) is 0.00888. The highest BCUT2D eigenvalue weighted by Crippen LogP contribution is 2.43. The van der Waals surface area contributed by atoms with E-state index in [2.05, 4.69) is 42.2 Å². The Bertz CT molecular complexity index is 3900. The van der Waals surface area contributed by atoms with Gasteiger partial charge in [0.1, 0.15) is 91.3 Å².